The third-order valence-electron chi connectivity index (χ3n) is 13.6. The van der Waals surface area contributed by atoms with Crippen LogP contribution in [0.4, 0.5) is 17.1 Å². The molecule has 2 heterocycles. The Hall–Kier alpha value is -6.78. The van der Waals surface area contributed by atoms with Crippen LogP contribution >= 0.6 is 0 Å². The first-order chi connectivity index (χ1) is 28.7. The SMILES string of the molecule is CC1(C)c2ccccc2-c2ccc(N(c3ccc4c(c3)oc3ccccc34)c3cc4c(cc3-c3ccc5c(c3)CB(c3ccccc3)O5)-c3ccccc3C4(C)C)cc21. The number of rotatable bonds is 5. The molecule has 4 heteroatoms. The van der Waals surface area contributed by atoms with Gasteiger partial charge in [0.05, 0.1) is 5.69 Å². The van der Waals surface area contributed by atoms with Crippen LogP contribution in [0, 0.1) is 0 Å². The Morgan fingerprint density at radius 2 is 1.10 bits per heavy atom. The van der Waals surface area contributed by atoms with Gasteiger partial charge in [-0.3, -0.25) is 0 Å². The standard InChI is InChI=1S/C55H42BNO2/c1-54(2)46-19-11-8-16-39(46)41-25-23-37(29-48(41)54)57(38-24-26-43-42-18-10-13-21-52(42)58-53(43)30-38)50-32-49-45(40-17-9-12-20-47(40)55(49,3)4)31-44(50)34-22-27-51-35(28-34)33-56(59-51)36-14-6-5-7-15-36/h5-32H,33H2,1-4H3. The van der Waals surface area contributed by atoms with Crippen LogP contribution < -0.4 is 15.0 Å². The van der Waals surface area contributed by atoms with Crippen molar-refractivity contribution in [1.82, 2.24) is 0 Å². The molecule has 282 valence electrons. The van der Waals surface area contributed by atoms with E-state index in [2.05, 4.69) is 196 Å². The fourth-order valence-electron chi connectivity index (χ4n) is 10.5. The predicted molar refractivity (Wildman–Crippen MR) is 245 cm³/mol. The normalized spacial score (nSPS) is 15.1. The highest BCUT2D eigenvalue weighted by Crippen LogP contribution is 2.55. The van der Waals surface area contributed by atoms with Crippen molar-refractivity contribution >= 4 is 51.4 Å². The maximum Gasteiger partial charge on any atom is 0.396 e. The van der Waals surface area contributed by atoms with Gasteiger partial charge in [-0.2, -0.15) is 0 Å². The summed E-state index contributed by atoms with van der Waals surface area (Å²) in [5.74, 6) is 0.962. The van der Waals surface area contributed by atoms with Crippen molar-refractivity contribution in [2.24, 2.45) is 0 Å². The lowest BCUT2D eigenvalue weighted by molar-refractivity contribution is 0.601. The molecule has 0 saturated heterocycles. The Kier molecular flexibility index (Phi) is 7.18. The Morgan fingerprint density at radius 1 is 0.475 bits per heavy atom. The van der Waals surface area contributed by atoms with Crippen LogP contribution in [0.25, 0.3) is 55.3 Å². The molecule has 1 aliphatic heterocycles. The van der Waals surface area contributed by atoms with Crippen LogP contribution in [-0.2, 0) is 17.2 Å². The molecule has 8 aromatic carbocycles. The van der Waals surface area contributed by atoms with Crippen LogP contribution in [-0.4, -0.2) is 6.92 Å². The second-order valence-electron chi connectivity index (χ2n) is 17.6. The average molecular weight is 760 g/mol. The van der Waals surface area contributed by atoms with E-state index in [0.29, 0.717) is 0 Å². The first-order valence-corrected chi connectivity index (χ1v) is 20.8. The number of nitrogens with zero attached hydrogens (tertiary/aromatic N) is 1. The summed E-state index contributed by atoms with van der Waals surface area (Å²) in [6, 6.07) is 62.4. The minimum absolute atomic E-state index is 0.000423. The van der Waals surface area contributed by atoms with Gasteiger partial charge in [0.1, 0.15) is 16.9 Å². The maximum absolute atomic E-state index is 6.59. The maximum atomic E-state index is 6.59. The number of hydrogen-bond acceptors (Lipinski definition) is 3. The third kappa shape index (κ3) is 5.02. The van der Waals surface area contributed by atoms with Crippen molar-refractivity contribution in [1.29, 1.82) is 0 Å². The van der Waals surface area contributed by atoms with Gasteiger partial charge in [0.15, 0.2) is 0 Å². The lowest BCUT2D eigenvalue weighted by Gasteiger charge is -2.31. The van der Waals surface area contributed by atoms with Gasteiger partial charge < -0.3 is 14.0 Å². The molecule has 0 spiro atoms. The number of anilines is 3. The van der Waals surface area contributed by atoms with E-state index in [0.717, 1.165) is 51.1 Å². The zero-order valence-corrected chi connectivity index (χ0v) is 33.7. The summed E-state index contributed by atoms with van der Waals surface area (Å²) >= 11 is 0. The van der Waals surface area contributed by atoms with Crippen molar-refractivity contribution < 1.29 is 9.07 Å². The predicted octanol–water partition coefficient (Wildman–Crippen LogP) is 13.7. The van der Waals surface area contributed by atoms with E-state index in [1.54, 1.807) is 0 Å². The molecule has 0 unspecified atom stereocenters. The number of furan rings is 1. The van der Waals surface area contributed by atoms with Gasteiger partial charge in [-0.25, -0.2) is 0 Å². The highest BCUT2D eigenvalue weighted by Gasteiger charge is 2.39. The Bertz CT molecular complexity index is 3190. The number of hydrogen-bond donors (Lipinski definition) is 0. The molecular formula is C55H42BNO2. The van der Waals surface area contributed by atoms with E-state index in [9.17, 15) is 0 Å². The first-order valence-electron chi connectivity index (χ1n) is 20.8. The molecule has 0 fully saturated rings. The molecule has 0 N–H and O–H groups in total. The lowest BCUT2D eigenvalue weighted by atomic mass is 9.58. The van der Waals surface area contributed by atoms with Crippen molar-refractivity contribution in [3.05, 3.63) is 198 Å². The molecule has 12 rings (SSSR count). The molecule has 3 nitrogen and oxygen atoms in total. The minimum atomic E-state index is -0.191. The summed E-state index contributed by atoms with van der Waals surface area (Å²) in [5, 5.41) is 2.25. The zero-order chi connectivity index (χ0) is 39.6. The molecule has 0 bridgehead atoms. The Labute approximate surface area is 345 Å². The van der Waals surface area contributed by atoms with Crippen molar-refractivity contribution in [3.63, 3.8) is 0 Å². The van der Waals surface area contributed by atoms with E-state index in [1.165, 1.54) is 66.7 Å². The summed E-state index contributed by atoms with van der Waals surface area (Å²) in [7, 11) is 0. The largest absolute Gasteiger partial charge is 0.555 e. The zero-order valence-electron chi connectivity index (χ0n) is 33.7. The van der Waals surface area contributed by atoms with Gasteiger partial charge in [0.2, 0.25) is 0 Å². The molecule has 1 aromatic heterocycles. The van der Waals surface area contributed by atoms with E-state index >= 15 is 0 Å². The summed E-state index contributed by atoms with van der Waals surface area (Å²) in [6.07, 6.45) is 0.830. The van der Waals surface area contributed by atoms with Gasteiger partial charge in [0, 0.05) is 44.6 Å². The van der Waals surface area contributed by atoms with Gasteiger partial charge in [0.25, 0.3) is 0 Å². The summed E-state index contributed by atoms with van der Waals surface area (Å²) in [5.41, 5.74) is 20.1. The van der Waals surface area contributed by atoms with E-state index < -0.39 is 0 Å². The van der Waals surface area contributed by atoms with Crippen LogP contribution in [0.15, 0.2) is 174 Å². The summed E-state index contributed by atoms with van der Waals surface area (Å²) < 4.78 is 13.2. The molecule has 0 amide bonds. The van der Waals surface area contributed by atoms with Gasteiger partial charge in [-0.05, 0) is 122 Å². The number of benzene rings is 8. The van der Waals surface area contributed by atoms with Crippen LogP contribution in [0.1, 0.15) is 55.5 Å². The molecule has 9 aromatic rings. The van der Waals surface area contributed by atoms with Crippen LogP contribution in [0.2, 0.25) is 0 Å². The van der Waals surface area contributed by atoms with E-state index in [-0.39, 0.29) is 17.7 Å². The quantitative estimate of drug-likeness (QED) is 0.163. The highest BCUT2D eigenvalue weighted by molar-refractivity contribution is 6.68. The third-order valence-corrected chi connectivity index (χ3v) is 13.6. The summed E-state index contributed by atoms with van der Waals surface area (Å²) in [4.78, 5) is 2.48. The highest BCUT2D eigenvalue weighted by atomic mass is 16.4. The Balaban J connectivity index is 1.11. The van der Waals surface area contributed by atoms with Crippen molar-refractivity contribution in [2.75, 3.05) is 4.90 Å². The molecule has 0 saturated carbocycles. The fraction of sp³-hybridized carbons (Fsp3) is 0.127. The summed E-state index contributed by atoms with van der Waals surface area (Å²) in [6.45, 7) is 9.47. The molecule has 2 aliphatic carbocycles. The van der Waals surface area contributed by atoms with E-state index in [4.69, 9.17) is 9.07 Å². The molecular weight excluding hydrogens is 717 g/mol. The van der Waals surface area contributed by atoms with Crippen LogP contribution in [0.3, 0.4) is 0 Å². The average Bonchev–Trinajstić information content (AvgIpc) is 3.98. The molecule has 3 aliphatic rings. The number of para-hydroxylation sites is 1. The van der Waals surface area contributed by atoms with Crippen molar-refractivity contribution in [2.45, 2.75) is 44.8 Å². The second-order valence-corrected chi connectivity index (χ2v) is 17.6. The van der Waals surface area contributed by atoms with Gasteiger partial charge in [-0.1, -0.05) is 137 Å². The van der Waals surface area contributed by atoms with Gasteiger partial charge >= 0.3 is 6.92 Å². The number of fused-ring (bicyclic) bond motifs is 10. The van der Waals surface area contributed by atoms with Crippen LogP contribution in [0.5, 0.6) is 5.75 Å². The van der Waals surface area contributed by atoms with E-state index in [1.807, 2.05) is 6.07 Å². The molecule has 0 radical (unpaired) electrons. The smallest absolute Gasteiger partial charge is 0.396 e. The lowest BCUT2D eigenvalue weighted by Crippen LogP contribution is -2.34. The topological polar surface area (TPSA) is 25.6 Å². The van der Waals surface area contributed by atoms with Gasteiger partial charge in [-0.15, -0.1) is 0 Å². The first kappa shape index (κ1) is 34.3. The molecule has 59 heavy (non-hydrogen) atoms. The minimum Gasteiger partial charge on any atom is -0.555 e. The fourth-order valence-corrected chi connectivity index (χ4v) is 10.5. The Morgan fingerprint density at radius 3 is 1.90 bits per heavy atom. The monoisotopic (exact) mass is 759 g/mol. The molecule has 0 atom stereocenters. The second kappa shape index (κ2) is 12.4. The van der Waals surface area contributed by atoms with Crippen molar-refractivity contribution in [3.8, 4) is 39.1 Å².